The molecule has 0 unspecified atom stereocenters. The molecule has 2 aromatic carbocycles. The van der Waals surface area contributed by atoms with Gasteiger partial charge < -0.3 is 57.3 Å². The van der Waals surface area contributed by atoms with E-state index in [-0.39, 0.29) is 98.6 Å². The molecule has 0 fully saturated rings. The smallest absolute Gasteiger partial charge is 0.410 e. The van der Waals surface area contributed by atoms with Crippen LogP contribution in [0.1, 0.15) is 118 Å². The number of methoxy groups -OCH3 is 1. The zero-order valence-corrected chi connectivity index (χ0v) is 45.5. The van der Waals surface area contributed by atoms with Gasteiger partial charge in [-0.05, 0) is 92.0 Å². The molecule has 23 nitrogen and oxygen atoms in total. The third kappa shape index (κ3) is 16.9. The normalized spacial score (nSPS) is 14.4. The third-order valence-electron chi connectivity index (χ3n) is 13.3. The summed E-state index contributed by atoms with van der Waals surface area (Å²) < 4.78 is 11.3. The lowest BCUT2D eigenvalue weighted by Crippen LogP contribution is -2.54. The van der Waals surface area contributed by atoms with Crippen molar-refractivity contribution in [3.8, 4) is 5.75 Å². The number of benzene rings is 2. The first-order valence-electron chi connectivity index (χ1n) is 26.7. The van der Waals surface area contributed by atoms with Crippen molar-refractivity contribution in [2.75, 3.05) is 50.5 Å². The van der Waals surface area contributed by atoms with Gasteiger partial charge in [0, 0.05) is 86.7 Å². The lowest BCUT2D eigenvalue weighted by atomic mass is 10.0. The summed E-state index contributed by atoms with van der Waals surface area (Å²) in [4.78, 5) is 130. The van der Waals surface area contributed by atoms with Crippen molar-refractivity contribution in [1.82, 2.24) is 35.6 Å². The van der Waals surface area contributed by atoms with E-state index in [1.54, 1.807) is 68.6 Å². The molecule has 422 valence electrons. The Morgan fingerprint density at radius 1 is 0.861 bits per heavy atom. The summed E-state index contributed by atoms with van der Waals surface area (Å²) in [5, 5.41) is 13.7. The molecule has 9 N–H and O–H groups in total. The van der Waals surface area contributed by atoms with E-state index in [1.165, 1.54) is 24.2 Å². The lowest BCUT2D eigenvalue weighted by molar-refractivity contribution is -0.137. The molecular weight excluding hydrogens is 1020 g/mol. The number of ether oxygens (including phenoxy) is 2. The first-order chi connectivity index (χ1) is 37.9. The molecule has 0 saturated carbocycles. The number of imide groups is 1. The summed E-state index contributed by atoms with van der Waals surface area (Å²) in [7, 11) is 1.45. The molecule has 0 bridgehead atoms. The number of urea groups is 1. The van der Waals surface area contributed by atoms with Crippen LogP contribution in [0.5, 0.6) is 5.75 Å². The van der Waals surface area contributed by atoms with E-state index in [0.717, 1.165) is 23.4 Å². The van der Waals surface area contributed by atoms with Crippen LogP contribution in [-0.2, 0) is 53.1 Å². The molecule has 2 atom stereocenters. The summed E-state index contributed by atoms with van der Waals surface area (Å²) in [5.41, 5.74) is 16.1. The number of nitrogens with zero attached hydrogens (tertiary/aromatic N) is 5. The summed E-state index contributed by atoms with van der Waals surface area (Å²) in [6, 6.07) is 8.81. The Bertz CT molecular complexity index is 2840. The zero-order valence-electron chi connectivity index (χ0n) is 45.5. The highest BCUT2D eigenvalue weighted by atomic mass is 16.6. The number of fused-ring (bicyclic) bond motifs is 2. The second-order valence-corrected chi connectivity index (χ2v) is 19.8. The molecule has 79 heavy (non-hydrogen) atoms. The number of anilines is 2. The van der Waals surface area contributed by atoms with E-state index in [4.69, 9.17) is 20.9 Å². The Labute approximate surface area is 459 Å². The number of nitrogens with one attached hydrogen (secondary N) is 5. The van der Waals surface area contributed by atoms with Crippen molar-refractivity contribution < 1.29 is 52.6 Å². The van der Waals surface area contributed by atoms with Crippen molar-refractivity contribution in [3.63, 3.8) is 0 Å². The predicted molar refractivity (Wildman–Crippen MR) is 295 cm³/mol. The topological polar surface area (TPSA) is 319 Å². The molecule has 0 radical (unpaired) electrons. The van der Waals surface area contributed by atoms with Gasteiger partial charge in [0.25, 0.3) is 17.7 Å². The fourth-order valence-corrected chi connectivity index (χ4v) is 9.18. The van der Waals surface area contributed by atoms with Crippen LogP contribution in [0.3, 0.4) is 0 Å². The van der Waals surface area contributed by atoms with Gasteiger partial charge in [-0.1, -0.05) is 46.2 Å². The maximum absolute atomic E-state index is 13.8. The minimum Gasteiger partial charge on any atom is -0.496 e. The third-order valence-corrected chi connectivity index (χ3v) is 13.3. The fourth-order valence-electron chi connectivity index (χ4n) is 9.18. The number of carbonyl (C=O) groups excluding carboxylic acids is 9. The van der Waals surface area contributed by atoms with E-state index >= 15 is 0 Å². The summed E-state index contributed by atoms with van der Waals surface area (Å²) in [6.45, 7) is 9.61. The number of pyridine rings is 1. The SMILES string of the molecule is CCCN(CCC)C(=O)C1=Cc2cc(OC)c(C(=O)Nc3cnc4c(c3)CN(C(=O)OCc3ccc(NC(=O)[C@H](CCCNC(N)=O)NC(=O)[C@@H](NC(=O)CCCCCN5C(=O)C=CC5=O)C(C)C)cc3)CC4)cc2N=C(N)C1. The molecule has 0 saturated heterocycles. The second-order valence-electron chi connectivity index (χ2n) is 19.8. The number of aromatic nitrogens is 1. The first-order valence-corrected chi connectivity index (χ1v) is 26.7. The van der Waals surface area contributed by atoms with Crippen LogP contribution in [-0.4, -0.2) is 131 Å². The van der Waals surface area contributed by atoms with Crippen molar-refractivity contribution in [1.29, 1.82) is 0 Å². The Hall–Kier alpha value is -8.63. The maximum Gasteiger partial charge on any atom is 0.410 e. The molecule has 6 rings (SSSR count). The van der Waals surface area contributed by atoms with Crippen molar-refractivity contribution in [3.05, 3.63) is 94.3 Å². The molecule has 0 spiro atoms. The number of rotatable bonds is 26. The van der Waals surface area contributed by atoms with E-state index < -0.39 is 41.9 Å². The monoisotopic (exact) mass is 1090 g/mol. The van der Waals surface area contributed by atoms with E-state index in [2.05, 4.69) is 36.6 Å². The number of hydrogen-bond donors (Lipinski definition) is 7. The number of nitrogens with two attached hydrogens (primary N) is 2. The number of hydrogen-bond acceptors (Lipinski definition) is 14. The number of amidine groups is 1. The van der Waals surface area contributed by atoms with E-state index in [1.807, 2.05) is 18.7 Å². The zero-order chi connectivity index (χ0) is 57.2. The molecule has 0 aliphatic carbocycles. The molecule has 3 aliphatic rings. The van der Waals surface area contributed by atoms with Gasteiger partial charge in [0.2, 0.25) is 23.6 Å². The van der Waals surface area contributed by atoms with Gasteiger partial charge in [0.05, 0.1) is 36.8 Å². The van der Waals surface area contributed by atoms with E-state index in [0.29, 0.717) is 84.6 Å². The van der Waals surface area contributed by atoms with Gasteiger partial charge in [-0.15, -0.1) is 0 Å². The molecule has 3 aliphatic heterocycles. The maximum atomic E-state index is 13.8. The van der Waals surface area contributed by atoms with E-state index in [9.17, 15) is 43.2 Å². The summed E-state index contributed by atoms with van der Waals surface area (Å²) in [5.74, 6) is -2.68. The van der Waals surface area contributed by atoms with Crippen molar-refractivity contribution >= 4 is 82.4 Å². The fraction of sp³-hybridized carbons (Fsp3) is 0.446. The van der Waals surface area contributed by atoms with Crippen molar-refractivity contribution in [2.45, 2.75) is 117 Å². The summed E-state index contributed by atoms with van der Waals surface area (Å²) >= 11 is 0. The van der Waals surface area contributed by atoms with Crippen LogP contribution >= 0.6 is 0 Å². The number of carbonyl (C=O) groups is 9. The van der Waals surface area contributed by atoms with Gasteiger partial charge in [-0.25, -0.2) is 14.6 Å². The Morgan fingerprint density at radius 2 is 1.58 bits per heavy atom. The largest absolute Gasteiger partial charge is 0.496 e. The average Bonchev–Trinajstić information content (AvgIpc) is 3.66. The number of unbranched alkanes of at least 4 members (excludes halogenated alkanes) is 2. The standard InChI is InChI=1S/C56H72N12O11/c1-6-22-66(23-7-2)54(75)37-26-36-28-45(78-5)41(30-44(36)63-46(57)29-37)51(72)62-40-27-38-32-67(25-20-42(38)60-31-40)56(77)79-33-35-14-16-39(17-15-35)61-52(73)43(12-11-21-59-55(58)76)64-53(74)50(34(3)4)65-47(69)13-9-8-10-24-68-48(70)18-19-49(68)71/h14-19,26-28,30-31,34,43,50H,6-13,20-25,29,32-33H2,1-5H3,(H2,57,63)(H,61,73)(H,62,72)(H,64,74)(H,65,69)(H3,58,59,76)/t43-,50-/m0/s1. The quantitative estimate of drug-likeness (QED) is 0.0414. The predicted octanol–water partition coefficient (Wildman–Crippen LogP) is 4.96. The molecule has 23 heteroatoms. The Balaban J connectivity index is 1.01. The summed E-state index contributed by atoms with van der Waals surface area (Å²) in [6.07, 6.45) is 9.47. The molecule has 1 aromatic heterocycles. The highest BCUT2D eigenvalue weighted by Gasteiger charge is 2.30. The first kappa shape index (κ1) is 59.6. The Kier molecular flexibility index (Phi) is 21.6. The molecule has 4 heterocycles. The lowest BCUT2D eigenvalue weighted by Gasteiger charge is -2.28. The number of aliphatic imine (C=N–C) groups is 1. The molecule has 10 amide bonds. The van der Waals surface area contributed by atoms with Gasteiger partial charge in [-0.2, -0.15) is 0 Å². The van der Waals surface area contributed by atoms with Gasteiger partial charge in [0.15, 0.2) is 0 Å². The minimum atomic E-state index is -1.07. The minimum absolute atomic E-state index is 0.0845. The van der Waals surface area contributed by atoms with Crippen LogP contribution in [0, 0.1) is 5.92 Å². The van der Waals surface area contributed by atoms with Crippen LogP contribution in [0.25, 0.3) is 6.08 Å². The van der Waals surface area contributed by atoms with Crippen LogP contribution in [0.15, 0.2) is 71.4 Å². The van der Waals surface area contributed by atoms with Gasteiger partial charge >= 0.3 is 12.1 Å². The number of amides is 10. The number of primary amides is 1. The second kappa shape index (κ2) is 28.7. The van der Waals surface area contributed by atoms with Crippen LogP contribution in [0.2, 0.25) is 0 Å². The average molecular weight is 1090 g/mol. The van der Waals surface area contributed by atoms with Gasteiger partial charge in [-0.3, -0.25) is 43.4 Å². The Morgan fingerprint density at radius 3 is 2.25 bits per heavy atom. The van der Waals surface area contributed by atoms with Crippen LogP contribution < -0.4 is 42.8 Å². The van der Waals surface area contributed by atoms with Gasteiger partial charge in [0.1, 0.15) is 30.3 Å². The highest BCUT2D eigenvalue weighted by molar-refractivity contribution is 6.13. The van der Waals surface area contributed by atoms with Crippen molar-refractivity contribution in [2.24, 2.45) is 22.4 Å². The van der Waals surface area contributed by atoms with Crippen LogP contribution in [0.4, 0.5) is 26.7 Å². The molecular formula is C56H72N12O11. The highest BCUT2D eigenvalue weighted by Crippen LogP contribution is 2.34. The molecule has 3 aromatic rings.